The van der Waals surface area contributed by atoms with E-state index in [1.165, 1.54) is 25.0 Å². The zero-order chi connectivity index (χ0) is 20.9. The van der Waals surface area contributed by atoms with E-state index in [2.05, 4.69) is 15.2 Å². The highest BCUT2D eigenvalue weighted by molar-refractivity contribution is 6.00. The number of nitro groups is 1. The molecule has 1 aromatic heterocycles. The number of non-ortho nitro benzene ring substituents is 1. The molecule has 0 radical (unpaired) electrons. The number of amides is 1. The van der Waals surface area contributed by atoms with Gasteiger partial charge in [-0.1, -0.05) is 6.07 Å². The van der Waals surface area contributed by atoms with Crippen molar-refractivity contribution >= 4 is 23.1 Å². The van der Waals surface area contributed by atoms with Crippen LogP contribution in [0.2, 0.25) is 0 Å². The molecule has 2 aliphatic rings. The lowest BCUT2D eigenvalue weighted by Crippen LogP contribution is -2.38. The first-order valence-corrected chi connectivity index (χ1v) is 10.2. The molecule has 0 unspecified atom stereocenters. The van der Waals surface area contributed by atoms with Crippen LogP contribution in [0.5, 0.6) is 0 Å². The van der Waals surface area contributed by atoms with Crippen LogP contribution in [-0.2, 0) is 11.3 Å². The van der Waals surface area contributed by atoms with E-state index >= 15 is 0 Å². The molecule has 0 saturated carbocycles. The number of nitrogens with zero attached hydrogens (tertiary/aromatic N) is 4. The number of ether oxygens (including phenoxy) is 1. The maximum absolute atomic E-state index is 12.9. The number of carbonyl (C=O) groups excluding carboxylic acids is 1. The Kier molecular flexibility index (Phi) is 6.08. The molecule has 1 amide bonds. The molecule has 1 N–H and O–H groups in total. The summed E-state index contributed by atoms with van der Waals surface area (Å²) in [6.45, 7) is 4.76. The zero-order valence-electron chi connectivity index (χ0n) is 16.7. The van der Waals surface area contributed by atoms with E-state index in [9.17, 15) is 14.9 Å². The largest absolute Gasteiger partial charge is 0.378 e. The molecule has 4 rings (SSSR count). The Balaban J connectivity index is 1.47. The van der Waals surface area contributed by atoms with Crippen LogP contribution in [0, 0.1) is 10.1 Å². The third-order valence-electron chi connectivity index (χ3n) is 5.48. The van der Waals surface area contributed by atoms with E-state index in [4.69, 9.17) is 4.74 Å². The topological polar surface area (TPSA) is 101 Å². The summed E-state index contributed by atoms with van der Waals surface area (Å²) >= 11 is 0. The number of benzene rings is 1. The molecular weight excluding hydrogens is 386 g/mol. The van der Waals surface area contributed by atoms with Gasteiger partial charge in [-0.05, 0) is 30.5 Å². The Hall–Kier alpha value is -3.20. The van der Waals surface area contributed by atoms with Gasteiger partial charge >= 0.3 is 0 Å². The number of carbonyl (C=O) groups is 1. The minimum Gasteiger partial charge on any atom is -0.378 e. The molecule has 30 heavy (non-hydrogen) atoms. The van der Waals surface area contributed by atoms with E-state index < -0.39 is 4.92 Å². The van der Waals surface area contributed by atoms with Crippen LogP contribution in [-0.4, -0.2) is 55.2 Å². The summed E-state index contributed by atoms with van der Waals surface area (Å²) in [5.41, 5.74) is 1.76. The summed E-state index contributed by atoms with van der Waals surface area (Å²) in [5, 5.41) is 14.1. The molecule has 3 heterocycles. The molecule has 0 aliphatic carbocycles. The third kappa shape index (κ3) is 4.51. The van der Waals surface area contributed by atoms with Crippen molar-refractivity contribution < 1.29 is 14.5 Å². The van der Waals surface area contributed by atoms with Crippen molar-refractivity contribution in [2.45, 2.75) is 19.4 Å². The summed E-state index contributed by atoms with van der Waals surface area (Å²) in [5.74, 6) is 0.611. The van der Waals surface area contributed by atoms with Crippen LogP contribution >= 0.6 is 0 Å². The second-order valence-corrected chi connectivity index (χ2v) is 7.46. The Morgan fingerprint density at radius 1 is 1.10 bits per heavy atom. The lowest BCUT2D eigenvalue weighted by atomic mass is 10.1. The predicted molar refractivity (Wildman–Crippen MR) is 113 cm³/mol. The second kappa shape index (κ2) is 9.08. The summed E-state index contributed by atoms with van der Waals surface area (Å²) in [6.07, 6.45) is 4.15. The number of nitro benzene ring substituents is 1. The molecule has 9 nitrogen and oxygen atoms in total. The fraction of sp³-hybridized carbons (Fsp3) is 0.429. The quantitative estimate of drug-likeness (QED) is 0.575. The molecular formula is C21H25N5O4. The molecule has 2 saturated heterocycles. The monoisotopic (exact) mass is 411 g/mol. The van der Waals surface area contributed by atoms with Gasteiger partial charge in [0.05, 0.1) is 29.4 Å². The number of pyridine rings is 1. The first-order valence-electron chi connectivity index (χ1n) is 10.2. The van der Waals surface area contributed by atoms with Crippen LogP contribution in [0.25, 0.3) is 0 Å². The Morgan fingerprint density at radius 2 is 1.87 bits per heavy atom. The molecule has 158 valence electrons. The molecule has 1 aromatic carbocycles. The number of morpholine rings is 1. The molecule has 2 fully saturated rings. The molecule has 2 aromatic rings. The summed E-state index contributed by atoms with van der Waals surface area (Å²) in [7, 11) is 0. The van der Waals surface area contributed by atoms with E-state index in [-0.39, 0.29) is 11.6 Å². The van der Waals surface area contributed by atoms with E-state index in [1.54, 1.807) is 12.3 Å². The second-order valence-electron chi connectivity index (χ2n) is 7.46. The minimum atomic E-state index is -0.485. The van der Waals surface area contributed by atoms with Crippen molar-refractivity contribution in [2.75, 3.05) is 49.2 Å². The number of aromatic nitrogens is 1. The van der Waals surface area contributed by atoms with Gasteiger partial charge in [0.2, 0.25) is 0 Å². The van der Waals surface area contributed by atoms with Crippen molar-refractivity contribution in [3.8, 4) is 0 Å². The normalized spacial score (nSPS) is 16.5. The lowest BCUT2D eigenvalue weighted by Gasteiger charge is -2.30. The first-order chi connectivity index (χ1) is 14.6. The highest BCUT2D eigenvalue weighted by Gasteiger charge is 2.22. The van der Waals surface area contributed by atoms with Crippen LogP contribution in [0.15, 0.2) is 36.5 Å². The SMILES string of the molecule is O=C(NCc1ccc(N2CCCC2)nc1)c1cc([N+](=O)[O-])ccc1N1CCOCC1. The van der Waals surface area contributed by atoms with Gasteiger partial charge in [0.15, 0.2) is 0 Å². The summed E-state index contributed by atoms with van der Waals surface area (Å²) in [6, 6.07) is 8.35. The molecule has 0 spiro atoms. The predicted octanol–water partition coefficient (Wildman–Crippen LogP) is 2.36. The Bertz CT molecular complexity index is 906. The maximum Gasteiger partial charge on any atom is 0.270 e. The number of rotatable bonds is 6. The van der Waals surface area contributed by atoms with Gasteiger partial charge in [0.1, 0.15) is 5.82 Å². The third-order valence-corrected chi connectivity index (χ3v) is 5.48. The average Bonchev–Trinajstić information content (AvgIpc) is 3.33. The highest BCUT2D eigenvalue weighted by atomic mass is 16.6. The number of hydrogen-bond donors (Lipinski definition) is 1. The average molecular weight is 411 g/mol. The van der Waals surface area contributed by atoms with Gasteiger partial charge in [-0.25, -0.2) is 4.98 Å². The molecule has 2 aliphatic heterocycles. The van der Waals surface area contributed by atoms with Gasteiger partial charge in [-0.3, -0.25) is 14.9 Å². The Labute approximate surface area is 174 Å². The molecule has 9 heteroatoms. The van der Waals surface area contributed by atoms with Crippen molar-refractivity contribution in [3.63, 3.8) is 0 Å². The van der Waals surface area contributed by atoms with Gasteiger partial charge in [0.25, 0.3) is 11.6 Å². The van der Waals surface area contributed by atoms with Crippen LogP contribution < -0.4 is 15.1 Å². The standard InChI is InChI=1S/C21H25N5O4/c27-21(23-15-16-3-6-20(22-14-16)25-7-1-2-8-25)18-13-17(26(28)29)4-5-19(18)24-9-11-30-12-10-24/h3-6,13-14H,1-2,7-12,15H2,(H,23,27). The lowest BCUT2D eigenvalue weighted by molar-refractivity contribution is -0.384. The fourth-order valence-corrected chi connectivity index (χ4v) is 3.83. The number of anilines is 2. The van der Waals surface area contributed by atoms with Crippen LogP contribution in [0.3, 0.4) is 0 Å². The number of nitrogens with one attached hydrogen (secondary N) is 1. The van der Waals surface area contributed by atoms with Gasteiger partial charge in [0, 0.05) is 51.1 Å². The fourth-order valence-electron chi connectivity index (χ4n) is 3.83. The summed E-state index contributed by atoms with van der Waals surface area (Å²) in [4.78, 5) is 32.4. The van der Waals surface area contributed by atoms with Crippen molar-refractivity contribution in [3.05, 3.63) is 57.8 Å². The van der Waals surface area contributed by atoms with Gasteiger partial charge in [-0.2, -0.15) is 0 Å². The molecule has 0 atom stereocenters. The van der Waals surface area contributed by atoms with E-state index in [1.807, 2.05) is 17.0 Å². The van der Waals surface area contributed by atoms with Gasteiger partial charge < -0.3 is 19.9 Å². The van der Waals surface area contributed by atoms with Crippen LogP contribution in [0.1, 0.15) is 28.8 Å². The van der Waals surface area contributed by atoms with Crippen molar-refractivity contribution in [1.29, 1.82) is 0 Å². The van der Waals surface area contributed by atoms with Crippen molar-refractivity contribution in [1.82, 2.24) is 10.3 Å². The first kappa shape index (κ1) is 20.1. The maximum atomic E-state index is 12.9. The smallest absolute Gasteiger partial charge is 0.270 e. The molecule has 0 bridgehead atoms. The van der Waals surface area contributed by atoms with Crippen LogP contribution in [0.4, 0.5) is 17.2 Å². The van der Waals surface area contributed by atoms with Gasteiger partial charge in [-0.15, -0.1) is 0 Å². The zero-order valence-corrected chi connectivity index (χ0v) is 16.7. The number of hydrogen-bond acceptors (Lipinski definition) is 7. The van der Waals surface area contributed by atoms with E-state index in [0.717, 1.165) is 24.5 Å². The highest BCUT2D eigenvalue weighted by Crippen LogP contribution is 2.26. The summed E-state index contributed by atoms with van der Waals surface area (Å²) < 4.78 is 5.37. The Morgan fingerprint density at radius 3 is 2.53 bits per heavy atom. The van der Waals surface area contributed by atoms with Crippen molar-refractivity contribution in [2.24, 2.45) is 0 Å². The minimum absolute atomic E-state index is 0.103. The van der Waals surface area contributed by atoms with E-state index in [0.29, 0.717) is 44.1 Å².